The molecule has 0 saturated carbocycles. The Bertz CT molecular complexity index is 166. The summed E-state index contributed by atoms with van der Waals surface area (Å²) in [4.78, 5) is 2.43. The first-order valence-corrected chi connectivity index (χ1v) is 7.14. The van der Waals surface area contributed by atoms with Crippen molar-refractivity contribution in [1.29, 1.82) is 0 Å². The fourth-order valence-corrected chi connectivity index (χ4v) is 2.29. The van der Waals surface area contributed by atoms with E-state index in [2.05, 4.69) is 25.3 Å². The fraction of sp³-hybridized carbons (Fsp3) is 0.867. The molecule has 0 N–H and O–H groups in total. The molecule has 1 fully saturated rings. The molecule has 0 aliphatic carbocycles. The van der Waals surface area contributed by atoms with Gasteiger partial charge in [0.05, 0.1) is 0 Å². The van der Waals surface area contributed by atoms with Crippen LogP contribution >= 0.6 is 0 Å². The molecular formula is C15H31N. The van der Waals surface area contributed by atoms with Crippen LogP contribution in [0.25, 0.3) is 0 Å². The molecule has 0 unspecified atom stereocenters. The highest BCUT2D eigenvalue weighted by Gasteiger charge is 2.17. The third-order valence-corrected chi connectivity index (χ3v) is 3.37. The van der Waals surface area contributed by atoms with Crippen LogP contribution in [0.15, 0.2) is 12.3 Å². The molecule has 0 aromatic carbocycles. The lowest BCUT2D eigenvalue weighted by Crippen LogP contribution is -2.31. The highest BCUT2D eigenvalue weighted by atomic mass is 15.1. The molecule has 0 spiro atoms. The van der Waals surface area contributed by atoms with Gasteiger partial charge in [0.15, 0.2) is 0 Å². The SMILES string of the molecule is C=C(C)N1CCC(CCCCC)CC1.CC. The normalized spacial score (nSPS) is 16.6. The lowest BCUT2D eigenvalue weighted by molar-refractivity contribution is 0.217. The molecule has 16 heavy (non-hydrogen) atoms. The summed E-state index contributed by atoms with van der Waals surface area (Å²) in [5.74, 6) is 0.997. The lowest BCUT2D eigenvalue weighted by atomic mass is 9.91. The van der Waals surface area contributed by atoms with E-state index in [1.807, 2.05) is 13.8 Å². The predicted molar refractivity (Wildman–Crippen MR) is 74.6 cm³/mol. The molecule has 0 aromatic heterocycles. The second-order valence-electron chi connectivity index (χ2n) is 4.66. The maximum atomic E-state index is 4.01. The minimum atomic E-state index is 0.997. The molecule has 1 aliphatic heterocycles. The number of piperidine rings is 1. The van der Waals surface area contributed by atoms with Crippen LogP contribution in [-0.2, 0) is 0 Å². The zero-order valence-electron chi connectivity index (χ0n) is 11.9. The zero-order valence-corrected chi connectivity index (χ0v) is 11.9. The van der Waals surface area contributed by atoms with Gasteiger partial charge in [0.1, 0.15) is 0 Å². The smallest absolute Gasteiger partial charge is 0.0177 e. The van der Waals surface area contributed by atoms with Crippen LogP contribution in [0.2, 0.25) is 0 Å². The maximum absolute atomic E-state index is 4.01. The molecule has 1 heterocycles. The van der Waals surface area contributed by atoms with Gasteiger partial charge < -0.3 is 4.90 Å². The van der Waals surface area contributed by atoms with E-state index in [0.29, 0.717) is 0 Å². The van der Waals surface area contributed by atoms with Crippen LogP contribution in [0.4, 0.5) is 0 Å². The van der Waals surface area contributed by atoms with Gasteiger partial charge in [-0.25, -0.2) is 0 Å². The number of allylic oxidation sites excluding steroid dienone is 1. The first kappa shape index (κ1) is 15.5. The van der Waals surface area contributed by atoms with Gasteiger partial charge in [-0.15, -0.1) is 0 Å². The summed E-state index contributed by atoms with van der Waals surface area (Å²) in [6.45, 7) is 14.9. The summed E-state index contributed by atoms with van der Waals surface area (Å²) in [7, 11) is 0. The van der Waals surface area contributed by atoms with E-state index in [-0.39, 0.29) is 0 Å². The molecule has 0 aromatic rings. The van der Waals surface area contributed by atoms with Crippen LogP contribution in [0.5, 0.6) is 0 Å². The molecular weight excluding hydrogens is 194 g/mol. The maximum Gasteiger partial charge on any atom is 0.0177 e. The highest BCUT2D eigenvalue weighted by molar-refractivity contribution is 4.91. The molecule has 1 nitrogen and oxygen atoms in total. The van der Waals surface area contributed by atoms with Crippen molar-refractivity contribution in [3.63, 3.8) is 0 Å². The van der Waals surface area contributed by atoms with E-state index in [0.717, 1.165) is 5.92 Å². The monoisotopic (exact) mass is 225 g/mol. The second-order valence-corrected chi connectivity index (χ2v) is 4.66. The second kappa shape index (κ2) is 9.74. The van der Waals surface area contributed by atoms with Crippen molar-refractivity contribution < 1.29 is 0 Å². The van der Waals surface area contributed by atoms with Crippen molar-refractivity contribution in [3.05, 3.63) is 12.3 Å². The lowest BCUT2D eigenvalue weighted by Gasteiger charge is -2.33. The van der Waals surface area contributed by atoms with E-state index >= 15 is 0 Å². The largest absolute Gasteiger partial charge is 0.376 e. The minimum Gasteiger partial charge on any atom is -0.376 e. The summed E-state index contributed by atoms with van der Waals surface area (Å²) in [6, 6.07) is 0. The van der Waals surface area contributed by atoms with E-state index in [4.69, 9.17) is 0 Å². The topological polar surface area (TPSA) is 3.24 Å². The molecule has 1 saturated heterocycles. The van der Waals surface area contributed by atoms with Crippen LogP contribution < -0.4 is 0 Å². The Morgan fingerprint density at radius 3 is 2.19 bits per heavy atom. The van der Waals surface area contributed by atoms with Gasteiger partial charge in [-0.2, -0.15) is 0 Å². The molecule has 0 radical (unpaired) electrons. The Kier molecular flexibility index (Phi) is 9.46. The Hall–Kier alpha value is -0.460. The standard InChI is InChI=1S/C13H25N.C2H6/c1-4-5-6-7-13-8-10-14(11-9-13)12(2)3;1-2/h13H,2,4-11H2,1,3H3;1-2H3. The van der Waals surface area contributed by atoms with Gasteiger partial charge in [0.2, 0.25) is 0 Å². The number of likely N-dealkylation sites (tertiary alicyclic amines) is 1. The molecule has 1 rings (SSSR count). The number of hydrogen-bond acceptors (Lipinski definition) is 1. The number of hydrogen-bond donors (Lipinski definition) is 0. The van der Waals surface area contributed by atoms with Gasteiger partial charge in [0.25, 0.3) is 0 Å². The van der Waals surface area contributed by atoms with Crippen LogP contribution in [0.1, 0.15) is 66.2 Å². The van der Waals surface area contributed by atoms with E-state index in [1.165, 1.54) is 57.3 Å². The molecule has 0 amide bonds. The van der Waals surface area contributed by atoms with Gasteiger partial charge in [-0.3, -0.25) is 0 Å². The quantitative estimate of drug-likeness (QED) is 0.605. The van der Waals surface area contributed by atoms with E-state index in [1.54, 1.807) is 0 Å². The predicted octanol–water partition coefficient (Wildman–Crippen LogP) is 4.84. The molecule has 0 bridgehead atoms. The van der Waals surface area contributed by atoms with Crippen molar-refractivity contribution in [1.82, 2.24) is 4.90 Å². The summed E-state index contributed by atoms with van der Waals surface area (Å²) in [6.07, 6.45) is 8.44. The van der Waals surface area contributed by atoms with Crippen molar-refractivity contribution in [2.45, 2.75) is 66.2 Å². The third kappa shape index (κ3) is 6.19. The summed E-state index contributed by atoms with van der Waals surface area (Å²) >= 11 is 0. The Balaban J connectivity index is 0.00000106. The fourth-order valence-electron chi connectivity index (χ4n) is 2.29. The van der Waals surface area contributed by atoms with Gasteiger partial charge in [0, 0.05) is 18.8 Å². The average Bonchev–Trinajstić information content (AvgIpc) is 2.33. The van der Waals surface area contributed by atoms with E-state index in [9.17, 15) is 0 Å². The third-order valence-electron chi connectivity index (χ3n) is 3.37. The number of rotatable bonds is 5. The van der Waals surface area contributed by atoms with Gasteiger partial charge >= 0.3 is 0 Å². The Labute approximate surface area is 103 Å². The number of unbranched alkanes of at least 4 members (excludes halogenated alkanes) is 2. The molecule has 1 heteroatoms. The summed E-state index contributed by atoms with van der Waals surface area (Å²) in [5, 5.41) is 0. The molecule has 1 aliphatic rings. The first-order chi connectivity index (χ1) is 7.74. The van der Waals surface area contributed by atoms with Crippen molar-refractivity contribution in [2.75, 3.05) is 13.1 Å². The summed E-state index contributed by atoms with van der Waals surface area (Å²) in [5.41, 5.74) is 1.25. The van der Waals surface area contributed by atoms with Gasteiger partial charge in [-0.05, 0) is 25.7 Å². The Morgan fingerprint density at radius 1 is 1.19 bits per heavy atom. The van der Waals surface area contributed by atoms with Gasteiger partial charge in [-0.1, -0.05) is 53.0 Å². The van der Waals surface area contributed by atoms with Crippen molar-refractivity contribution in [3.8, 4) is 0 Å². The molecule has 0 atom stereocenters. The number of nitrogens with zero attached hydrogens (tertiary/aromatic N) is 1. The van der Waals surface area contributed by atoms with E-state index < -0.39 is 0 Å². The molecule has 96 valence electrons. The van der Waals surface area contributed by atoms with Crippen molar-refractivity contribution >= 4 is 0 Å². The zero-order chi connectivity index (χ0) is 12.4. The minimum absolute atomic E-state index is 0.997. The first-order valence-electron chi connectivity index (χ1n) is 7.14. The van der Waals surface area contributed by atoms with Crippen LogP contribution in [0, 0.1) is 5.92 Å². The summed E-state index contributed by atoms with van der Waals surface area (Å²) < 4.78 is 0. The van der Waals surface area contributed by atoms with Crippen LogP contribution in [0.3, 0.4) is 0 Å². The Morgan fingerprint density at radius 2 is 1.75 bits per heavy atom. The van der Waals surface area contributed by atoms with Crippen LogP contribution in [-0.4, -0.2) is 18.0 Å². The average molecular weight is 225 g/mol. The highest BCUT2D eigenvalue weighted by Crippen LogP contribution is 2.24. The van der Waals surface area contributed by atoms with Crippen molar-refractivity contribution in [2.24, 2.45) is 5.92 Å².